The summed E-state index contributed by atoms with van der Waals surface area (Å²) in [5, 5.41) is 2.56. The number of likely N-dealkylation sites (tertiary alicyclic amines) is 1. The second-order valence-corrected chi connectivity index (χ2v) is 4.89. The van der Waals surface area contributed by atoms with Crippen molar-refractivity contribution in [2.45, 2.75) is 19.8 Å². The molecule has 1 aliphatic heterocycles. The Balaban J connectivity index is 2.13. The van der Waals surface area contributed by atoms with E-state index in [1.54, 1.807) is 12.1 Å². The van der Waals surface area contributed by atoms with E-state index in [0.717, 1.165) is 4.90 Å². The molecule has 0 spiro atoms. The van der Waals surface area contributed by atoms with Crippen molar-refractivity contribution >= 4 is 29.2 Å². The second-order valence-electron chi connectivity index (χ2n) is 4.89. The fraction of sp³-hybridized carbons (Fsp3) is 0.333. The van der Waals surface area contributed by atoms with Crippen LogP contribution in [0.15, 0.2) is 18.2 Å². The number of amides is 3. The molecular weight excluding hydrogens is 288 g/mol. The molecule has 0 radical (unpaired) electrons. The normalized spacial score (nSPS) is 14.2. The molecule has 116 valence electrons. The number of ketones is 1. The Morgan fingerprint density at radius 1 is 1.23 bits per heavy atom. The molecule has 0 atom stereocenters. The van der Waals surface area contributed by atoms with Gasteiger partial charge >= 0.3 is 0 Å². The number of methoxy groups -OCH3 is 1. The number of Topliss-reactive ketones (excluding diaryl/α,β-unsaturated/α-hetero) is 1. The zero-order valence-corrected chi connectivity index (χ0v) is 12.3. The predicted octanol–water partition coefficient (Wildman–Crippen LogP) is 0.985. The van der Waals surface area contributed by atoms with Crippen LogP contribution in [0.4, 0.5) is 5.69 Å². The zero-order chi connectivity index (χ0) is 16.3. The van der Waals surface area contributed by atoms with Crippen LogP contribution < -0.4 is 10.1 Å². The summed E-state index contributed by atoms with van der Waals surface area (Å²) in [4.78, 5) is 47.3. The van der Waals surface area contributed by atoms with Gasteiger partial charge in [-0.1, -0.05) is 0 Å². The van der Waals surface area contributed by atoms with Crippen LogP contribution in [0.2, 0.25) is 0 Å². The van der Waals surface area contributed by atoms with Crippen LogP contribution in [0.25, 0.3) is 0 Å². The Kier molecular flexibility index (Phi) is 4.55. The van der Waals surface area contributed by atoms with Crippen LogP contribution >= 0.6 is 0 Å². The van der Waals surface area contributed by atoms with Crippen molar-refractivity contribution < 1.29 is 23.9 Å². The number of benzene rings is 1. The van der Waals surface area contributed by atoms with E-state index in [2.05, 4.69) is 5.32 Å². The zero-order valence-electron chi connectivity index (χ0n) is 12.3. The first-order chi connectivity index (χ1) is 10.4. The summed E-state index contributed by atoms with van der Waals surface area (Å²) >= 11 is 0. The summed E-state index contributed by atoms with van der Waals surface area (Å²) in [5.41, 5.74) is 0.740. The highest BCUT2D eigenvalue weighted by Crippen LogP contribution is 2.26. The summed E-state index contributed by atoms with van der Waals surface area (Å²) in [6, 6.07) is 4.65. The van der Waals surface area contributed by atoms with Gasteiger partial charge in [0.1, 0.15) is 12.3 Å². The molecule has 1 heterocycles. The van der Waals surface area contributed by atoms with Crippen molar-refractivity contribution in [3.8, 4) is 5.75 Å². The van der Waals surface area contributed by atoms with Gasteiger partial charge in [-0.25, -0.2) is 0 Å². The molecular formula is C15H16N2O5. The second kappa shape index (κ2) is 6.38. The van der Waals surface area contributed by atoms with E-state index >= 15 is 0 Å². The average molecular weight is 304 g/mol. The third-order valence-electron chi connectivity index (χ3n) is 3.34. The van der Waals surface area contributed by atoms with Gasteiger partial charge in [0.15, 0.2) is 5.78 Å². The summed E-state index contributed by atoms with van der Waals surface area (Å²) < 4.78 is 5.12. The maximum absolute atomic E-state index is 12.0. The summed E-state index contributed by atoms with van der Waals surface area (Å²) in [6.07, 6.45) is 0.268. The highest BCUT2D eigenvalue weighted by atomic mass is 16.5. The number of anilines is 1. The van der Waals surface area contributed by atoms with Crippen molar-refractivity contribution in [1.82, 2.24) is 4.90 Å². The summed E-state index contributed by atoms with van der Waals surface area (Å²) in [6.45, 7) is 1.07. The molecule has 0 aromatic heterocycles. The number of hydrogen-bond donors (Lipinski definition) is 1. The Hall–Kier alpha value is -2.70. The number of carbonyl (C=O) groups excluding carboxylic acids is 4. The summed E-state index contributed by atoms with van der Waals surface area (Å²) in [7, 11) is 1.44. The van der Waals surface area contributed by atoms with Gasteiger partial charge in [-0.05, 0) is 25.1 Å². The van der Waals surface area contributed by atoms with E-state index < -0.39 is 5.91 Å². The average Bonchev–Trinajstić information content (AvgIpc) is 2.79. The van der Waals surface area contributed by atoms with Gasteiger partial charge in [-0.3, -0.25) is 24.1 Å². The topological polar surface area (TPSA) is 92.8 Å². The molecule has 1 N–H and O–H groups in total. The van der Waals surface area contributed by atoms with Crippen LogP contribution in [0.3, 0.4) is 0 Å². The van der Waals surface area contributed by atoms with Gasteiger partial charge in [0, 0.05) is 18.4 Å². The quantitative estimate of drug-likeness (QED) is 0.646. The Labute approximate surface area is 127 Å². The van der Waals surface area contributed by atoms with Gasteiger partial charge < -0.3 is 10.1 Å². The Bertz CT molecular complexity index is 637. The molecule has 22 heavy (non-hydrogen) atoms. The number of ether oxygens (including phenoxy) is 1. The molecule has 3 amide bonds. The van der Waals surface area contributed by atoms with Crippen molar-refractivity contribution in [3.05, 3.63) is 23.8 Å². The molecule has 1 aromatic carbocycles. The number of nitrogens with zero attached hydrogens (tertiary/aromatic N) is 1. The molecule has 0 saturated carbocycles. The first-order valence-electron chi connectivity index (χ1n) is 6.74. The third kappa shape index (κ3) is 3.30. The maximum Gasteiger partial charge on any atom is 0.244 e. The van der Waals surface area contributed by atoms with E-state index in [0.29, 0.717) is 17.0 Å². The Morgan fingerprint density at radius 2 is 1.86 bits per heavy atom. The smallest absolute Gasteiger partial charge is 0.244 e. The molecule has 1 saturated heterocycles. The first-order valence-corrected chi connectivity index (χ1v) is 6.74. The SMILES string of the molecule is COc1ccc(C(C)=O)cc1NC(=O)CN1C(=O)CCC1=O. The van der Waals surface area contributed by atoms with Crippen molar-refractivity contribution in [1.29, 1.82) is 0 Å². The van der Waals surface area contributed by atoms with Crippen LogP contribution in [-0.2, 0) is 14.4 Å². The molecule has 1 aliphatic rings. The number of rotatable bonds is 5. The lowest BCUT2D eigenvalue weighted by molar-refractivity contribution is -0.141. The largest absolute Gasteiger partial charge is 0.495 e. The molecule has 2 rings (SSSR count). The molecule has 0 aliphatic carbocycles. The molecule has 0 bridgehead atoms. The lowest BCUT2D eigenvalue weighted by atomic mass is 10.1. The van der Waals surface area contributed by atoms with E-state index in [4.69, 9.17) is 4.74 Å². The fourth-order valence-electron chi connectivity index (χ4n) is 2.16. The van der Waals surface area contributed by atoms with Crippen molar-refractivity contribution in [2.24, 2.45) is 0 Å². The van der Waals surface area contributed by atoms with Crippen molar-refractivity contribution in [3.63, 3.8) is 0 Å². The minimum atomic E-state index is -0.525. The van der Waals surface area contributed by atoms with Gasteiger partial charge in [0.25, 0.3) is 0 Å². The molecule has 0 unspecified atom stereocenters. The van der Waals surface area contributed by atoms with Gasteiger partial charge in [-0.2, -0.15) is 0 Å². The molecule has 7 nitrogen and oxygen atoms in total. The number of imide groups is 1. The number of nitrogens with one attached hydrogen (secondary N) is 1. The van der Waals surface area contributed by atoms with Gasteiger partial charge in [0.2, 0.25) is 17.7 Å². The first kappa shape index (κ1) is 15.7. The fourth-order valence-corrected chi connectivity index (χ4v) is 2.16. The molecule has 1 fully saturated rings. The minimum Gasteiger partial charge on any atom is -0.495 e. The maximum atomic E-state index is 12.0. The summed E-state index contributed by atoms with van der Waals surface area (Å²) in [5.74, 6) is -1.00. The Morgan fingerprint density at radius 3 is 2.41 bits per heavy atom. The van der Waals surface area contributed by atoms with Crippen LogP contribution in [-0.4, -0.2) is 42.1 Å². The highest BCUT2D eigenvalue weighted by molar-refractivity contribution is 6.06. The van der Waals surface area contributed by atoms with Crippen LogP contribution in [0, 0.1) is 0 Å². The minimum absolute atomic E-state index is 0.134. The molecule has 7 heteroatoms. The lowest BCUT2D eigenvalue weighted by Gasteiger charge is -2.15. The standard InChI is InChI=1S/C15H16N2O5/c1-9(18)10-3-4-12(22-2)11(7-10)16-13(19)8-17-14(20)5-6-15(17)21/h3-4,7H,5-6,8H2,1-2H3,(H,16,19). The molecule has 1 aromatic rings. The van der Waals surface area contributed by atoms with E-state index in [9.17, 15) is 19.2 Å². The third-order valence-corrected chi connectivity index (χ3v) is 3.34. The number of hydrogen-bond acceptors (Lipinski definition) is 5. The monoisotopic (exact) mass is 304 g/mol. The van der Waals surface area contributed by atoms with Gasteiger partial charge in [-0.15, -0.1) is 0 Å². The lowest BCUT2D eigenvalue weighted by Crippen LogP contribution is -2.36. The van der Waals surface area contributed by atoms with E-state index in [1.807, 2.05) is 0 Å². The van der Waals surface area contributed by atoms with Crippen LogP contribution in [0.1, 0.15) is 30.1 Å². The van der Waals surface area contributed by atoms with Crippen LogP contribution in [0.5, 0.6) is 5.75 Å². The number of carbonyl (C=O) groups is 4. The van der Waals surface area contributed by atoms with Crippen molar-refractivity contribution in [2.75, 3.05) is 19.0 Å². The predicted molar refractivity (Wildman–Crippen MR) is 77.6 cm³/mol. The van der Waals surface area contributed by atoms with E-state index in [1.165, 1.54) is 20.1 Å². The highest BCUT2D eigenvalue weighted by Gasteiger charge is 2.30. The van der Waals surface area contributed by atoms with E-state index in [-0.39, 0.29) is 37.0 Å². The van der Waals surface area contributed by atoms with Gasteiger partial charge in [0.05, 0.1) is 12.8 Å².